The minimum Gasteiger partial charge on any atom is -0.303 e. The Morgan fingerprint density at radius 2 is 2.40 bits per heavy atom. The molecule has 0 spiro atoms. The maximum absolute atomic E-state index is 4.16. The van der Waals surface area contributed by atoms with E-state index in [-0.39, 0.29) is 0 Å². The summed E-state index contributed by atoms with van der Waals surface area (Å²) in [6, 6.07) is 2.71. The van der Waals surface area contributed by atoms with Gasteiger partial charge in [0.1, 0.15) is 0 Å². The lowest BCUT2D eigenvalue weighted by atomic mass is 9.99. The summed E-state index contributed by atoms with van der Waals surface area (Å²) in [5.41, 5.74) is 1.09. The van der Waals surface area contributed by atoms with Crippen LogP contribution < -0.4 is 0 Å². The monoisotopic (exact) mass is 269 g/mol. The first-order valence-electron chi connectivity index (χ1n) is 5.43. The Labute approximate surface area is 99.0 Å². The molecule has 0 aliphatic carbocycles. The quantitative estimate of drug-likeness (QED) is 0.825. The fourth-order valence-electron chi connectivity index (χ4n) is 2.13. The van der Waals surface area contributed by atoms with Crippen molar-refractivity contribution in [2.75, 3.05) is 13.6 Å². The largest absolute Gasteiger partial charge is 0.303 e. The molecule has 0 saturated carbocycles. The molecule has 3 nitrogen and oxygen atoms in total. The van der Waals surface area contributed by atoms with Crippen molar-refractivity contribution in [3.05, 3.63) is 22.4 Å². The van der Waals surface area contributed by atoms with Crippen LogP contribution in [0.15, 0.2) is 16.7 Å². The summed E-state index contributed by atoms with van der Waals surface area (Å²) in [5.74, 6) is 0. The number of hydrogen-bond donors (Lipinski definition) is 0. The molecule has 2 rings (SSSR count). The average molecular weight is 270 g/mol. The van der Waals surface area contributed by atoms with Crippen molar-refractivity contribution in [1.29, 1.82) is 0 Å². The van der Waals surface area contributed by atoms with Gasteiger partial charge in [0, 0.05) is 16.9 Å². The molecule has 1 fully saturated rings. The molecule has 0 N–H and O–H groups in total. The number of likely N-dealkylation sites (tertiary alicyclic amines) is 1. The molecule has 1 aromatic rings. The highest BCUT2D eigenvalue weighted by molar-refractivity contribution is 9.10. The average Bonchev–Trinajstić information content (AvgIpc) is 2.22. The first kappa shape index (κ1) is 11.0. The molecule has 0 bridgehead atoms. The lowest BCUT2D eigenvalue weighted by Gasteiger charge is -2.32. The maximum Gasteiger partial charge on any atom is 0.0657 e. The van der Waals surface area contributed by atoms with Gasteiger partial charge in [-0.3, -0.25) is 0 Å². The summed E-state index contributed by atoms with van der Waals surface area (Å²) in [6.07, 6.45) is 6.70. The number of rotatable bonds is 2. The second-order valence-corrected chi connectivity index (χ2v) is 5.12. The molecular formula is C11H16BrN3. The third-order valence-corrected chi connectivity index (χ3v) is 3.47. The van der Waals surface area contributed by atoms with Crippen molar-refractivity contribution in [2.24, 2.45) is 0 Å². The van der Waals surface area contributed by atoms with Crippen molar-refractivity contribution < 1.29 is 0 Å². The van der Waals surface area contributed by atoms with Gasteiger partial charge in [-0.05, 0) is 48.4 Å². The van der Waals surface area contributed by atoms with Crippen molar-refractivity contribution in [3.8, 4) is 0 Å². The number of halogens is 1. The van der Waals surface area contributed by atoms with Crippen molar-refractivity contribution in [1.82, 2.24) is 15.1 Å². The molecule has 1 aliphatic heterocycles. The smallest absolute Gasteiger partial charge is 0.0657 e. The molecule has 4 heteroatoms. The number of piperidine rings is 1. The lowest BCUT2D eigenvalue weighted by molar-refractivity contribution is 0.183. The van der Waals surface area contributed by atoms with Gasteiger partial charge in [0.2, 0.25) is 0 Å². The van der Waals surface area contributed by atoms with Gasteiger partial charge in [0.05, 0.1) is 11.9 Å². The van der Waals surface area contributed by atoms with E-state index in [1.807, 2.05) is 0 Å². The van der Waals surface area contributed by atoms with E-state index in [0.717, 1.165) is 16.6 Å². The third kappa shape index (κ3) is 2.98. The first-order valence-corrected chi connectivity index (χ1v) is 6.22. The molecule has 1 aliphatic rings. The molecule has 1 unspecified atom stereocenters. The van der Waals surface area contributed by atoms with Gasteiger partial charge in [0.25, 0.3) is 0 Å². The molecule has 0 aromatic carbocycles. The topological polar surface area (TPSA) is 29.0 Å². The zero-order valence-corrected chi connectivity index (χ0v) is 10.6. The second-order valence-electron chi connectivity index (χ2n) is 4.20. The highest BCUT2D eigenvalue weighted by atomic mass is 79.9. The van der Waals surface area contributed by atoms with Crippen LogP contribution in [0, 0.1) is 0 Å². The van der Waals surface area contributed by atoms with E-state index < -0.39 is 0 Å². The number of hydrogen-bond acceptors (Lipinski definition) is 3. The van der Waals surface area contributed by atoms with Crippen LogP contribution in [0.3, 0.4) is 0 Å². The van der Waals surface area contributed by atoms with Gasteiger partial charge in [-0.25, -0.2) is 0 Å². The number of aromatic nitrogens is 2. The van der Waals surface area contributed by atoms with Crippen LogP contribution in [-0.4, -0.2) is 34.7 Å². The minimum absolute atomic E-state index is 0.641. The van der Waals surface area contributed by atoms with Gasteiger partial charge >= 0.3 is 0 Å². The second kappa shape index (κ2) is 5.03. The molecule has 1 saturated heterocycles. The van der Waals surface area contributed by atoms with E-state index in [2.05, 4.69) is 44.1 Å². The maximum atomic E-state index is 4.16. The van der Waals surface area contributed by atoms with Crippen LogP contribution in [0.25, 0.3) is 0 Å². The third-order valence-electron chi connectivity index (χ3n) is 3.04. The Hall–Kier alpha value is -0.480. The van der Waals surface area contributed by atoms with E-state index in [1.54, 1.807) is 6.20 Å². The molecule has 0 amide bonds. The lowest BCUT2D eigenvalue weighted by Crippen LogP contribution is -2.37. The minimum atomic E-state index is 0.641. The van der Waals surface area contributed by atoms with E-state index in [9.17, 15) is 0 Å². The van der Waals surface area contributed by atoms with Crippen LogP contribution in [0.2, 0.25) is 0 Å². The normalized spacial score (nSPS) is 22.9. The Kier molecular flexibility index (Phi) is 3.70. The van der Waals surface area contributed by atoms with Crippen molar-refractivity contribution in [3.63, 3.8) is 0 Å². The Morgan fingerprint density at radius 1 is 1.53 bits per heavy atom. The zero-order chi connectivity index (χ0) is 10.7. The van der Waals surface area contributed by atoms with Gasteiger partial charge < -0.3 is 4.90 Å². The zero-order valence-electron chi connectivity index (χ0n) is 8.99. The summed E-state index contributed by atoms with van der Waals surface area (Å²) < 4.78 is 1.02. The van der Waals surface area contributed by atoms with E-state index in [4.69, 9.17) is 0 Å². The van der Waals surface area contributed by atoms with Crippen LogP contribution in [0.4, 0.5) is 0 Å². The number of likely N-dealkylation sites (N-methyl/N-ethyl adjacent to an activating group) is 1. The van der Waals surface area contributed by atoms with E-state index >= 15 is 0 Å². The predicted octanol–water partition coefficient (Wildman–Crippen LogP) is 2.27. The van der Waals surface area contributed by atoms with Crippen LogP contribution >= 0.6 is 15.9 Å². The SMILES string of the molecule is CN1CCCCC1Cc1cc(Br)cnn1. The van der Waals surface area contributed by atoms with E-state index in [0.29, 0.717) is 6.04 Å². The molecule has 1 aromatic heterocycles. The molecule has 2 heterocycles. The summed E-state index contributed by atoms with van der Waals surface area (Å²) in [4.78, 5) is 2.44. The van der Waals surface area contributed by atoms with Crippen molar-refractivity contribution >= 4 is 15.9 Å². The van der Waals surface area contributed by atoms with Gasteiger partial charge in [-0.1, -0.05) is 6.42 Å². The fraction of sp³-hybridized carbons (Fsp3) is 0.636. The Morgan fingerprint density at radius 3 is 3.13 bits per heavy atom. The molecule has 0 radical (unpaired) electrons. The molecule has 82 valence electrons. The van der Waals surface area contributed by atoms with Gasteiger partial charge in [-0.15, -0.1) is 0 Å². The standard InChI is InChI=1S/C11H16BrN3/c1-15-5-3-2-4-11(15)7-10-6-9(12)8-13-14-10/h6,8,11H,2-5,7H2,1H3. The predicted molar refractivity (Wildman–Crippen MR) is 63.7 cm³/mol. The van der Waals surface area contributed by atoms with Crippen LogP contribution in [0.1, 0.15) is 25.0 Å². The fourth-order valence-corrected chi connectivity index (χ4v) is 2.48. The van der Waals surface area contributed by atoms with Crippen molar-refractivity contribution in [2.45, 2.75) is 31.7 Å². The molecular weight excluding hydrogens is 254 g/mol. The molecule has 1 atom stereocenters. The van der Waals surface area contributed by atoms with Crippen LogP contribution in [-0.2, 0) is 6.42 Å². The summed E-state index contributed by atoms with van der Waals surface area (Å²) >= 11 is 3.43. The van der Waals surface area contributed by atoms with E-state index in [1.165, 1.54) is 25.8 Å². The Bertz CT molecular complexity index is 329. The highest BCUT2D eigenvalue weighted by Crippen LogP contribution is 2.19. The number of nitrogens with zero attached hydrogens (tertiary/aromatic N) is 3. The molecule has 15 heavy (non-hydrogen) atoms. The summed E-state index contributed by atoms with van der Waals surface area (Å²) in [6.45, 7) is 1.21. The summed E-state index contributed by atoms with van der Waals surface area (Å²) in [7, 11) is 2.20. The Balaban J connectivity index is 2.01. The van der Waals surface area contributed by atoms with Gasteiger partial charge in [0.15, 0.2) is 0 Å². The van der Waals surface area contributed by atoms with Crippen LogP contribution in [0.5, 0.6) is 0 Å². The first-order chi connectivity index (χ1) is 7.25. The summed E-state index contributed by atoms with van der Waals surface area (Å²) in [5, 5.41) is 8.12. The van der Waals surface area contributed by atoms with Gasteiger partial charge in [-0.2, -0.15) is 10.2 Å². The highest BCUT2D eigenvalue weighted by Gasteiger charge is 2.19.